The van der Waals surface area contributed by atoms with Crippen LogP contribution in [0.25, 0.3) is 0 Å². The molecule has 0 heterocycles. The molecule has 0 spiro atoms. The Morgan fingerprint density at radius 3 is 0.690 bits per heavy atom. The van der Waals surface area contributed by atoms with Gasteiger partial charge >= 0.3 is 368 Å². The Bertz CT molecular complexity index is 2190. The van der Waals surface area contributed by atoms with Crippen molar-refractivity contribution in [2.75, 3.05) is 0 Å². The second-order valence-electron chi connectivity index (χ2n) is 10.5. The van der Waals surface area contributed by atoms with Crippen LogP contribution in [0.2, 0.25) is 0 Å². The van der Waals surface area contributed by atoms with Gasteiger partial charge in [0, 0.05) is 0 Å². The van der Waals surface area contributed by atoms with Gasteiger partial charge in [0.15, 0.2) is 0 Å². The van der Waals surface area contributed by atoms with Gasteiger partial charge in [0.25, 0.3) is 0 Å². The van der Waals surface area contributed by atoms with E-state index in [1.165, 1.54) is 0 Å². The van der Waals surface area contributed by atoms with Crippen LogP contribution in [-0.4, -0.2) is 71.4 Å². The third kappa shape index (κ3) is 11.9. The molecule has 0 aromatic heterocycles. The first-order valence-electron chi connectivity index (χ1n) is 26.4. The molecule has 0 bridgehead atoms. The van der Waals surface area contributed by atoms with E-state index in [0.29, 0.717) is 0 Å². The zero-order valence-electron chi connectivity index (χ0n) is 53.2. The summed E-state index contributed by atoms with van der Waals surface area (Å²) in [7, 11) is 0. The van der Waals surface area contributed by atoms with Gasteiger partial charge in [0.2, 0.25) is 0 Å². The third-order valence-corrected chi connectivity index (χ3v) is 10.0. The van der Waals surface area contributed by atoms with Gasteiger partial charge < -0.3 is 0 Å². The summed E-state index contributed by atoms with van der Waals surface area (Å²) < 4.78 is 522. The van der Waals surface area contributed by atoms with Gasteiger partial charge in [0.1, 0.15) is 0 Å². The molecule has 28 heteroatoms. The summed E-state index contributed by atoms with van der Waals surface area (Å²) in [6.07, 6.45) is -32.0. The molecule has 336 valence electrons. The van der Waals surface area contributed by atoms with E-state index < -0.39 is 222 Å². The van der Waals surface area contributed by atoms with Crippen molar-refractivity contribution in [2.45, 2.75) is 116 Å². The number of carbonyl (C=O) groups excluding carboxylic acids is 3. The van der Waals surface area contributed by atoms with Crippen molar-refractivity contribution in [1.82, 2.24) is 0 Å². The standard InChI is InChI=1S/3C10H11F7O2.Pr/c3*1-7(2,3)5(18)4-6(19)8(11,12)9(13,14)10(15,16)17;/h3*4,19H,1-3H3;/q;;;+3/p-3/b3*6-4-;/i3*1D3,2D3,3D3;. The van der Waals surface area contributed by atoms with Crippen molar-refractivity contribution in [3.8, 4) is 0 Å². The Morgan fingerprint density at radius 2 is 0.552 bits per heavy atom. The van der Waals surface area contributed by atoms with Gasteiger partial charge in [-0.15, -0.1) is 0 Å². The Morgan fingerprint density at radius 1 is 0.379 bits per heavy atom. The number of hydrogen-bond donors (Lipinski definition) is 0. The van der Waals surface area contributed by atoms with Crippen LogP contribution in [0, 0.1) is 53.1 Å². The molecule has 0 unspecified atom stereocenters. The molecule has 0 aliphatic heterocycles. The first-order valence-corrected chi connectivity index (χ1v) is 17.4. The van der Waals surface area contributed by atoms with Gasteiger partial charge in [-0.2, -0.15) is 0 Å². The van der Waals surface area contributed by atoms with Gasteiger partial charge in [0.05, 0.1) is 0 Å². The summed E-state index contributed by atoms with van der Waals surface area (Å²) in [5.41, 5.74) is -17.4. The molecular weight excluding hydrogens is 996 g/mol. The Labute approximate surface area is 368 Å². The predicted octanol–water partition coefficient (Wildman–Crippen LogP) is 11.4. The molecule has 58 heavy (non-hydrogen) atoms. The minimum absolute atomic E-state index is 2.44. The van der Waals surface area contributed by atoms with E-state index in [4.69, 9.17) is 37.0 Å². The fraction of sp³-hybridized carbons (Fsp3) is 0.700. The van der Waals surface area contributed by atoms with E-state index in [9.17, 15) is 80.2 Å². The van der Waals surface area contributed by atoms with Crippen LogP contribution in [0.4, 0.5) is 92.2 Å². The Hall–Kier alpha value is -2.48. The van der Waals surface area contributed by atoms with Crippen molar-refractivity contribution in [3.63, 3.8) is 0 Å². The van der Waals surface area contributed by atoms with Crippen LogP contribution >= 0.6 is 0 Å². The third-order valence-electron chi connectivity index (χ3n) is 5.74. The van der Waals surface area contributed by atoms with Gasteiger partial charge in [-0.25, -0.2) is 0 Å². The van der Waals surface area contributed by atoms with Crippen molar-refractivity contribution in [1.29, 1.82) is 0 Å². The van der Waals surface area contributed by atoms with Gasteiger partial charge in [-0.05, 0) is 0 Å². The first-order chi connectivity index (χ1) is 36.1. The first kappa shape index (κ1) is 24.8. The van der Waals surface area contributed by atoms with E-state index in [1.54, 1.807) is 0 Å². The number of alkyl halides is 21. The normalized spacial score (nSPS) is 24.8. The van der Waals surface area contributed by atoms with Crippen molar-refractivity contribution in [2.24, 2.45) is 16.2 Å². The molecule has 0 saturated carbocycles. The average molecular weight is 1050 g/mol. The zero-order chi connectivity index (χ0) is 69.8. The van der Waals surface area contributed by atoms with E-state index in [0.717, 1.165) is 0 Å². The molecular formula is C30H30F21O6Pr. The quantitative estimate of drug-likeness (QED) is 0.0924. The molecule has 0 atom stereocenters. The number of ketones is 3. The van der Waals surface area contributed by atoms with E-state index >= 15 is 26.3 Å². The Balaban J connectivity index is 11.1. The maximum atomic E-state index is 16.1. The topological polar surface area (TPSA) is 78.9 Å². The van der Waals surface area contributed by atoms with Crippen LogP contribution in [0.15, 0.2) is 35.5 Å². The fourth-order valence-corrected chi connectivity index (χ4v) is 7.20. The molecule has 0 rings (SSSR count). The fourth-order valence-electron chi connectivity index (χ4n) is 2.66. The van der Waals surface area contributed by atoms with E-state index in [2.05, 4.69) is 3.02 Å². The van der Waals surface area contributed by atoms with Gasteiger partial charge in [-0.3, -0.25) is 0 Å². The maximum absolute atomic E-state index is 16.1. The summed E-state index contributed by atoms with van der Waals surface area (Å²) in [6.45, 7) is -48.6. The summed E-state index contributed by atoms with van der Waals surface area (Å²) in [6, 6.07) is 0. The van der Waals surface area contributed by atoms with Crippen LogP contribution in [0.5, 0.6) is 0 Å². The molecule has 0 aromatic rings. The summed E-state index contributed by atoms with van der Waals surface area (Å²) in [4.78, 5) is 41.0. The summed E-state index contributed by atoms with van der Waals surface area (Å²) >= 11 is -10.2. The molecule has 0 aliphatic carbocycles. The molecule has 0 aliphatic rings. The number of hydrogen-bond acceptors (Lipinski definition) is 6. The van der Waals surface area contributed by atoms with Gasteiger partial charge in [-0.1, -0.05) is 0 Å². The number of halogens is 21. The molecule has 0 aromatic carbocycles. The van der Waals surface area contributed by atoms with Crippen molar-refractivity contribution >= 4 is 17.3 Å². The minimum atomic E-state index is -10.2. The number of allylic oxidation sites excluding steroid dienone is 6. The summed E-state index contributed by atoms with van der Waals surface area (Å²) in [5, 5.41) is 0. The van der Waals surface area contributed by atoms with Crippen LogP contribution in [0.1, 0.15) is 98.7 Å². The number of carbonyl (C=O) groups is 3. The molecule has 0 N–H and O–H groups in total. The molecule has 0 amide bonds. The van der Waals surface area contributed by atoms with Crippen LogP contribution in [-0.2, 0) is 17.4 Å². The molecule has 0 saturated heterocycles. The predicted molar refractivity (Wildman–Crippen MR) is 149 cm³/mol. The zero-order valence-corrected chi connectivity index (χ0v) is 29.9. The summed E-state index contributed by atoms with van der Waals surface area (Å²) in [5.74, 6) is -77.4. The van der Waals surface area contributed by atoms with E-state index in [-0.39, 0.29) is 0 Å². The van der Waals surface area contributed by atoms with Crippen molar-refractivity contribution in [3.05, 3.63) is 35.5 Å². The number of rotatable bonds is 15. The van der Waals surface area contributed by atoms with Crippen LogP contribution in [0.3, 0.4) is 0 Å². The van der Waals surface area contributed by atoms with E-state index in [1.807, 2.05) is 0 Å². The second-order valence-corrected chi connectivity index (χ2v) is 14.6. The Kier molecular flexibility index (Phi) is 7.18. The SMILES string of the molecule is [2H]C([2H])([2H])C(C(=O)/C=C(\[O][Pr]([O]/C(=C\C(=O)C(C([2H])([2H])[2H])(C([2H])([2H])[2H])C([2H])([2H])[2H])C(F)(F)C(F)(F)C(F)(F)F)[O]/C(=C\C(=O)C(C([2H])([2H])[2H])(C([2H])([2H])[2H])C([2H])([2H])[2H])C(F)(F)C(F)(F)C(F)(F)F)C(F)(F)C(F)(F)C(F)(F)F)(C([2H])([2H])[2H])C([2H])([2H])[2H]. The van der Waals surface area contributed by atoms with Crippen molar-refractivity contribution < 1.29 is 183 Å². The molecule has 0 fully saturated rings. The molecule has 0 radical (unpaired) electrons. The van der Waals surface area contributed by atoms with Crippen LogP contribution < -0.4 is 0 Å². The average Bonchev–Trinajstić information content (AvgIpc) is 3.13. The second kappa shape index (κ2) is 16.8. The monoisotopic (exact) mass is 1050 g/mol. The molecule has 6 nitrogen and oxygen atoms in total.